The van der Waals surface area contributed by atoms with Gasteiger partial charge < -0.3 is 15.2 Å². The molecule has 2 aromatic rings. The van der Waals surface area contributed by atoms with Crippen LogP contribution in [0.5, 0.6) is 11.5 Å². The highest BCUT2D eigenvalue weighted by atomic mass is 35.5. The van der Waals surface area contributed by atoms with Crippen molar-refractivity contribution in [3.8, 4) is 11.5 Å². The molecule has 0 saturated heterocycles. The lowest BCUT2D eigenvalue weighted by molar-refractivity contribution is -0.274. The van der Waals surface area contributed by atoms with Gasteiger partial charge in [0, 0.05) is 12.6 Å². The standard InChI is InChI=1S/C15H12ClF3N2O2/c16-10-8-9(3-4-11(10)23-15(17,18)19)14(20)5-7-22-12-2-1-6-21-13(12)14/h1-4,6,8H,5,7,20H2/t14-/m0/s1. The summed E-state index contributed by atoms with van der Waals surface area (Å²) in [6.45, 7) is 0.369. The van der Waals surface area contributed by atoms with Crippen LogP contribution in [0.4, 0.5) is 13.2 Å². The molecule has 0 saturated carbocycles. The number of nitrogens with two attached hydrogens (primary N) is 1. The van der Waals surface area contributed by atoms with Crippen LogP contribution in [0.2, 0.25) is 5.02 Å². The molecule has 0 radical (unpaired) electrons. The highest BCUT2D eigenvalue weighted by molar-refractivity contribution is 6.32. The van der Waals surface area contributed by atoms with E-state index in [-0.39, 0.29) is 5.02 Å². The predicted molar refractivity (Wildman–Crippen MR) is 77.5 cm³/mol. The van der Waals surface area contributed by atoms with Crippen LogP contribution in [0, 0.1) is 0 Å². The van der Waals surface area contributed by atoms with E-state index in [1.165, 1.54) is 12.1 Å². The van der Waals surface area contributed by atoms with Gasteiger partial charge in [-0.15, -0.1) is 13.2 Å². The Morgan fingerprint density at radius 3 is 2.78 bits per heavy atom. The molecule has 1 aliphatic rings. The van der Waals surface area contributed by atoms with E-state index in [2.05, 4.69) is 9.72 Å². The molecule has 122 valence electrons. The number of alkyl halides is 3. The summed E-state index contributed by atoms with van der Waals surface area (Å²) in [5.41, 5.74) is 6.55. The van der Waals surface area contributed by atoms with Crippen LogP contribution in [0.15, 0.2) is 36.5 Å². The highest BCUT2D eigenvalue weighted by Gasteiger charge is 2.38. The van der Waals surface area contributed by atoms with Gasteiger partial charge in [0.2, 0.25) is 0 Å². The summed E-state index contributed by atoms with van der Waals surface area (Å²) in [5, 5.41) is -0.173. The molecule has 1 aromatic heterocycles. The quantitative estimate of drug-likeness (QED) is 0.904. The van der Waals surface area contributed by atoms with Gasteiger partial charge in [-0.05, 0) is 29.8 Å². The first-order valence-corrected chi connectivity index (χ1v) is 7.10. The monoisotopic (exact) mass is 344 g/mol. The van der Waals surface area contributed by atoms with Gasteiger partial charge in [0.15, 0.2) is 0 Å². The number of ether oxygens (including phenoxy) is 2. The van der Waals surface area contributed by atoms with Crippen molar-refractivity contribution in [3.63, 3.8) is 0 Å². The second kappa shape index (κ2) is 5.58. The Labute approximate surface area is 135 Å². The number of hydrogen-bond acceptors (Lipinski definition) is 4. The predicted octanol–water partition coefficient (Wildman–Crippen LogP) is 3.62. The van der Waals surface area contributed by atoms with E-state index in [4.69, 9.17) is 22.1 Å². The fourth-order valence-electron chi connectivity index (χ4n) is 2.55. The van der Waals surface area contributed by atoms with Crippen molar-refractivity contribution < 1.29 is 22.6 Å². The van der Waals surface area contributed by atoms with Gasteiger partial charge in [-0.1, -0.05) is 17.7 Å². The van der Waals surface area contributed by atoms with Crippen LogP contribution < -0.4 is 15.2 Å². The van der Waals surface area contributed by atoms with Gasteiger partial charge in [0.05, 0.1) is 17.2 Å². The number of halogens is 4. The van der Waals surface area contributed by atoms with Crippen LogP contribution in [-0.4, -0.2) is 18.0 Å². The maximum atomic E-state index is 12.3. The third kappa shape index (κ3) is 3.07. The SMILES string of the molecule is N[C@]1(c2ccc(OC(F)(F)F)c(Cl)c2)CCOc2cccnc21. The van der Waals surface area contributed by atoms with Gasteiger partial charge >= 0.3 is 6.36 Å². The Morgan fingerprint density at radius 1 is 1.30 bits per heavy atom. The minimum atomic E-state index is -4.81. The number of aromatic nitrogens is 1. The van der Waals surface area contributed by atoms with Gasteiger partial charge in [-0.3, -0.25) is 4.98 Å². The number of rotatable bonds is 2. The Kier molecular flexibility index (Phi) is 3.85. The van der Waals surface area contributed by atoms with E-state index in [0.29, 0.717) is 30.0 Å². The number of benzene rings is 1. The first kappa shape index (κ1) is 15.9. The molecular weight excluding hydrogens is 333 g/mol. The molecule has 23 heavy (non-hydrogen) atoms. The zero-order chi connectivity index (χ0) is 16.7. The zero-order valence-corrected chi connectivity index (χ0v) is 12.5. The lowest BCUT2D eigenvalue weighted by Crippen LogP contribution is -2.43. The van der Waals surface area contributed by atoms with E-state index in [9.17, 15) is 13.2 Å². The van der Waals surface area contributed by atoms with Gasteiger partial charge in [0.1, 0.15) is 17.2 Å². The molecule has 0 amide bonds. The fraction of sp³-hybridized carbons (Fsp3) is 0.267. The van der Waals surface area contributed by atoms with Crippen LogP contribution >= 0.6 is 11.6 Å². The summed E-state index contributed by atoms with van der Waals surface area (Å²) >= 11 is 5.91. The Bertz CT molecular complexity index is 739. The summed E-state index contributed by atoms with van der Waals surface area (Å²) < 4.78 is 46.3. The molecule has 0 aliphatic carbocycles. The number of pyridine rings is 1. The second-order valence-corrected chi connectivity index (χ2v) is 5.52. The van der Waals surface area contributed by atoms with Crippen LogP contribution in [0.1, 0.15) is 17.7 Å². The average molecular weight is 345 g/mol. The van der Waals surface area contributed by atoms with Crippen molar-refractivity contribution in [2.75, 3.05) is 6.61 Å². The van der Waals surface area contributed by atoms with Crippen molar-refractivity contribution in [3.05, 3.63) is 52.8 Å². The van der Waals surface area contributed by atoms with Gasteiger partial charge in [-0.2, -0.15) is 0 Å². The van der Waals surface area contributed by atoms with Crippen molar-refractivity contribution in [2.45, 2.75) is 18.3 Å². The molecule has 2 N–H and O–H groups in total. The summed E-state index contributed by atoms with van der Waals surface area (Å²) in [7, 11) is 0. The minimum Gasteiger partial charge on any atom is -0.491 e. The lowest BCUT2D eigenvalue weighted by atomic mass is 9.82. The van der Waals surface area contributed by atoms with Crippen LogP contribution in [-0.2, 0) is 5.54 Å². The summed E-state index contributed by atoms with van der Waals surface area (Å²) in [6, 6.07) is 7.44. The molecule has 1 aliphatic heterocycles. The van der Waals surface area contributed by atoms with E-state index >= 15 is 0 Å². The first-order chi connectivity index (χ1) is 10.8. The molecule has 3 rings (SSSR count). The van der Waals surface area contributed by atoms with Crippen LogP contribution in [0.3, 0.4) is 0 Å². The molecule has 0 spiro atoms. The Morgan fingerprint density at radius 2 is 2.09 bits per heavy atom. The van der Waals surface area contributed by atoms with Crippen molar-refractivity contribution in [2.24, 2.45) is 5.73 Å². The second-order valence-electron chi connectivity index (χ2n) is 5.11. The summed E-state index contributed by atoms with van der Waals surface area (Å²) in [4.78, 5) is 4.26. The molecule has 0 fully saturated rings. The maximum Gasteiger partial charge on any atom is 0.573 e. The van der Waals surface area contributed by atoms with Gasteiger partial charge in [-0.25, -0.2) is 0 Å². The fourth-order valence-corrected chi connectivity index (χ4v) is 2.77. The zero-order valence-electron chi connectivity index (χ0n) is 11.7. The third-order valence-electron chi connectivity index (χ3n) is 3.62. The largest absolute Gasteiger partial charge is 0.573 e. The maximum absolute atomic E-state index is 12.3. The summed E-state index contributed by atoms with van der Waals surface area (Å²) in [6.07, 6.45) is -2.80. The molecular formula is C15H12ClF3N2O2. The Hall–Kier alpha value is -1.99. The molecule has 8 heteroatoms. The van der Waals surface area contributed by atoms with Crippen molar-refractivity contribution in [1.82, 2.24) is 4.98 Å². The molecule has 1 atom stereocenters. The van der Waals surface area contributed by atoms with E-state index < -0.39 is 17.7 Å². The average Bonchev–Trinajstić information content (AvgIpc) is 2.48. The van der Waals surface area contributed by atoms with E-state index in [0.717, 1.165) is 6.07 Å². The molecule has 1 aromatic carbocycles. The van der Waals surface area contributed by atoms with E-state index in [1.807, 2.05) is 0 Å². The summed E-state index contributed by atoms with van der Waals surface area (Å²) in [5.74, 6) is 0.0767. The molecule has 0 unspecified atom stereocenters. The topological polar surface area (TPSA) is 57.4 Å². The molecule has 4 nitrogen and oxygen atoms in total. The highest BCUT2D eigenvalue weighted by Crippen LogP contribution is 2.41. The van der Waals surface area contributed by atoms with Crippen LogP contribution in [0.25, 0.3) is 0 Å². The smallest absolute Gasteiger partial charge is 0.491 e. The first-order valence-electron chi connectivity index (χ1n) is 6.72. The molecule has 0 bridgehead atoms. The van der Waals surface area contributed by atoms with Gasteiger partial charge in [0.25, 0.3) is 0 Å². The normalized spacial score (nSPS) is 20.6. The van der Waals surface area contributed by atoms with E-state index in [1.54, 1.807) is 18.3 Å². The number of fused-ring (bicyclic) bond motifs is 1. The van der Waals surface area contributed by atoms with Crippen molar-refractivity contribution in [1.29, 1.82) is 0 Å². The number of nitrogens with zero attached hydrogens (tertiary/aromatic N) is 1. The van der Waals surface area contributed by atoms with Crippen molar-refractivity contribution >= 4 is 11.6 Å². The molecule has 2 heterocycles. The number of hydrogen-bond donors (Lipinski definition) is 1. The Balaban J connectivity index is 2.01. The lowest BCUT2D eigenvalue weighted by Gasteiger charge is -2.35. The minimum absolute atomic E-state index is 0.173. The third-order valence-corrected chi connectivity index (χ3v) is 3.92.